The summed E-state index contributed by atoms with van der Waals surface area (Å²) >= 11 is 0. The minimum atomic E-state index is -0.418. The highest BCUT2D eigenvalue weighted by Gasteiger charge is 2.25. The Balaban J connectivity index is 1.50. The average molecular weight is 286 g/mol. The number of anilines is 1. The number of nitrogens with two attached hydrogens (primary N) is 1. The van der Waals surface area contributed by atoms with E-state index in [0.717, 1.165) is 19.5 Å². The van der Waals surface area contributed by atoms with Gasteiger partial charge < -0.3 is 15.7 Å². The van der Waals surface area contributed by atoms with Gasteiger partial charge >= 0.3 is 0 Å². The predicted molar refractivity (Wildman–Crippen MR) is 82.9 cm³/mol. The molecule has 1 aromatic carbocycles. The molecule has 0 aliphatic carbocycles. The fourth-order valence-corrected chi connectivity index (χ4v) is 3.05. The molecule has 0 bridgehead atoms. The normalized spacial score (nSPS) is 20.7. The number of aliphatic hydroxyl groups excluding tert-OH is 1. The van der Waals surface area contributed by atoms with Crippen molar-refractivity contribution in [2.45, 2.75) is 25.0 Å². The number of nitrogen functional groups attached to an aromatic ring is 1. The van der Waals surface area contributed by atoms with E-state index in [4.69, 9.17) is 5.73 Å². The lowest BCUT2D eigenvalue weighted by Crippen LogP contribution is -2.33. The SMILES string of the molecule is Nc1cnn(CC(O)CN2CCC(c3ccccc3)C2)c1. The van der Waals surface area contributed by atoms with Gasteiger partial charge in [-0.2, -0.15) is 5.10 Å². The summed E-state index contributed by atoms with van der Waals surface area (Å²) in [4.78, 5) is 2.33. The van der Waals surface area contributed by atoms with Crippen molar-refractivity contribution in [3.05, 3.63) is 48.3 Å². The van der Waals surface area contributed by atoms with Crippen LogP contribution in [0.25, 0.3) is 0 Å². The van der Waals surface area contributed by atoms with Gasteiger partial charge in [0.15, 0.2) is 0 Å². The molecule has 1 aliphatic rings. The fraction of sp³-hybridized carbons (Fsp3) is 0.438. The van der Waals surface area contributed by atoms with Gasteiger partial charge in [-0.3, -0.25) is 4.68 Å². The van der Waals surface area contributed by atoms with Crippen LogP contribution in [0.15, 0.2) is 42.7 Å². The lowest BCUT2D eigenvalue weighted by Gasteiger charge is -2.20. The number of aliphatic hydroxyl groups is 1. The Hall–Kier alpha value is -1.85. The third kappa shape index (κ3) is 3.62. The molecule has 21 heavy (non-hydrogen) atoms. The number of nitrogens with zero attached hydrogens (tertiary/aromatic N) is 3. The summed E-state index contributed by atoms with van der Waals surface area (Å²) in [7, 11) is 0. The van der Waals surface area contributed by atoms with Gasteiger partial charge in [0.2, 0.25) is 0 Å². The Morgan fingerprint density at radius 1 is 1.29 bits per heavy atom. The number of rotatable bonds is 5. The molecular formula is C16H22N4O. The molecule has 2 aromatic rings. The maximum Gasteiger partial charge on any atom is 0.0862 e. The van der Waals surface area contributed by atoms with Crippen LogP contribution in [0, 0.1) is 0 Å². The number of hydrogen-bond donors (Lipinski definition) is 2. The van der Waals surface area contributed by atoms with Crippen LogP contribution >= 0.6 is 0 Å². The zero-order valence-electron chi connectivity index (χ0n) is 12.1. The molecule has 1 fully saturated rings. The number of hydrogen-bond acceptors (Lipinski definition) is 4. The van der Waals surface area contributed by atoms with E-state index in [1.54, 1.807) is 17.1 Å². The van der Waals surface area contributed by atoms with E-state index in [-0.39, 0.29) is 0 Å². The first-order valence-electron chi connectivity index (χ1n) is 7.44. The molecule has 1 saturated heterocycles. The summed E-state index contributed by atoms with van der Waals surface area (Å²) in [6.07, 6.45) is 4.10. The molecular weight excluding hydrogens is 264 g/mol. The standard InChI is InChI=1S/C16H22N4O/c17-15-8-18-20(10-15)12-16(21)11-19-7-6-14(9-19)13-4-2-1-3-5-13/h1-5,8,10,14,16,21H,6-7,9,11-12,17H2. The maximum absolute atomic E-state index is 10.2. The quantitative estimate of drug-likeness (QED) is 0.870. The van der Waals surface area contributed by atoms with Crippen LogP contribution in [0.5, 0.6) is 0 Å². The lowest BCUT2D eigenvalue weighted by molar-refractivity contribution is 0.105. The third-order valence-electron chi connectivity index (χ3n) is 4.06. The van der Waals surface area contributed by atoms with E-state index in [1.165, 1.54) is 5.56 Å². The Labute approximate surface area is 125 Å². The number of likely N-dealkylation sites (tertiary alicyclic amines) is 1. The zero-order chi connectivity index (χ0) is 14.7. The predicted octanol–water partition coefficient (Wildman–Crippen LogP) is 1.32. The minimum absolute atomic E-state index is 0.418. The zero-order valence-corrected chi connectivity index (χ0v) is 12.1. The van der Waals surface area contributed by atoms with Crippen LogP contribution in [-0.4, -0.2) is 45.5 Å². The summed E-state index contributed by atoms with van der Waals surface area (Å²) in [5.41, 5.74) is 7.65. The molecule has 1 aromatic heterocycles. The molecule has 0 saturated carbocycles. The van der Waals surface area contributed by atoms with Crippen LogP contribution in [0.2, 0.25) is 0 Å². The lowest BCUT2D eigenvalue weighted by atomic mass is 9.99. The van der Waals surface area contributed by atoms with Crippen molar-refractivity contribution in [2.24, 2.45) is 0 Å². The largest absolute Gasteiger partial charge is 0.396 e. The first-order valence-corrected chi connectivity index (χ1v) is 7.44. The summed E-state index contributed by atoms with van der Waals surface area (Å²) in [6, 6.07) is 10.6. The summed E-state index contributed by atoms with van der Waals surface area (Å²) in [5, 5.41) is 14.3. The maximum atomic E-state index is 10.2. The molecule has 3 N–H and O–H groups in total. The minimum Gasteiger partial charge on any atom is -0.396 e. The topological polar surface area (TPSA) is 67.3 Å². The summed E-state index contributed by atoms with van der Waals surface area (Å²) < 4.78 is 1.70. The number of β-amino-alcohol motifs (C(OH)–C–C–N with tert-alkyl or cyclic N) is 1. The average Bonchev–Trinajstić information content (AvgIpc) is 3.09. The van der Waals surface area contributed by atoms with Crippen molar-refractivity contribution in [3.8, 4) is 0 Å². The van der Waals surface area contributed by atoms with Gasteiger partial charge in [0.1, 0.15) is 0 Å². The fourth-order valence-electron chi connectivity index (χ4n) is 3.05. The summed E-state index contributed by atoms with van der Waals surface area (Å²) in [5.74, 6) is 0.582. The van der Waals surface area contributed by atoms with E-state index < -0.39 is 6.10 Å². The molecule has 0 amide bonds. The molecule has 1 aliphatic heterocycles. The first-order chi connectivity index (χ1) is 10.2. The molecule has 0 radical (unpaired) electrons. The van der Waals surface area contributed by atoms with Crippen molar-refractivity contribution in [2.75, 3.05) is 25.4 Å². The van der Waals surface area contributed by atoms with Crippen molar-refractivity contribution in [1.82, 2.24) is 14.7 Å². The smallest absolute Gasteiger partial charge is 0.0862 e. The van der Waals surface area contributed by atoms with E-state index >= 15 is 0 Å². The molecule has 2 atom stereocenters. The van der Waals surface area contributed by atoms with Gasteiger partial charge in [0.25, 0.3) is 0 Å². The summed E-state index contributed by atoms with van der Waals surface area (Å²) in [6.45, 7) is 3.23. The Morgan fingerprint density at radius 2 is 2.10 bits per heavy atom. The molecule has 0 spiro atoms. The monoisotopic (exact) mass is 286 g/mol. The van der Waals surface area contributed by atoms with Crippen LogP contribution in [0.1, 0.15) is 17.9 Å². The van der Waals surface area contributed by atoms with E-state index in [0.29, 0.717) is 24.7 Å². The molecule has 112 valence electrons. The van der Waals surface area contributed by atoms with E-state index in [9.17, 15) is 5.11 Å². The Kier molecular flexibility index (Phi) is 4.22. The third-order valence-corrected chi connectivity index (χ3v) is 4.06. The Morgan fingerprint density at radius 3 is 2.81 bits per heavy atom. The number of benzene rings is 1. The molecule has 5 heteroatoms. The second kappa shape index (κ2) is 6.28. The van der Waals surface area contributed by atoms with Crippen LogP contribution < -0.4 is 5.73 Å². The van der Waals surface area contributed by atoms with Crippen LogP contribution in [0.3, 0.4) is 0 Å². The van der Waals surface area contributed by atoms with E-state index in [1.807, 2.05) is 0 Å². The second-order valence-corrected chi connectivity index (χ2v) is 5.81. The van der Waals surface area contributed by atoms with Crippen molar-refractivity contribution in [3.63, 3.8) is 0 Å². The van der Waals surface area contributed by atoms with Gasteiger partial charge in [-0.15, -0.1) is 0 Å². The van der Waals surface area contributed by atoms with Gasteiger partial charge in [-0.25, -0.2) is 0 Å². The molecule has 2 heterocycles. The van der Waals surface area contributed by atoms with E-state index in [2.05, 4.69) is 40.3 Å². The highest BCUT2D eigenvalue weighted by molar-refractivity contribution is 5.30. The van der Waals surface area contributed by atoms with Crippen LogP contribution in [0.4, 0.5) is 5.69 Å². The highest BCUT2D eigenvalue weighted by atomic mass is 16.3. The number of aromatic nitrogens is 2. The molecule has 2 unspecified atom stereocenters. The molecule has 5 nitrogen and oxygen atoms in total. The van der Waals surface area contributed by atoms with Crippen LogP contribution in [-0.2, 0) is 6.54 Å². The highest BCUT2D eigenvalue weighted by Crippen LogP contribution is 2.26. The van der Waals surface area contributed by atoms with Crippen molar-refractivity contribution < 1.29 is 5.11 Å². The Bertz CT molecular complexity index is 569. The van der Waals surface area contributed by atoms with Gasteiger partial charge in [-0.05, 0) is 24.4 Å². The van der Waals surface area contributed by atoms with Crippen molar-refractivity contribution >= 4 is 5.69 Å². The van der Waals surface area contributed by atoms with Gasteiger partial charge in [0, 0.05) is 19.3 Å². The van der Waals surface area contributed by atoms with Crippen molar-refractivity contribution in [1.29, 1.82) is 0 Å². The van der Waals surface area contributed by atoms with Gasteiger partial charge in [0.05, 0.1) is 24.5 Å². The first kappa shape index (κ1) is 14.1. The second-order valence-electron chi connectivity index (χ2n) is 5.81. The van der Waals surface area contributed by atoms with Gasteiger partial charge in [-0.1, -0.05) is 30.3 Å². The molecule has 3 rings (SSSR count).